The molecule has 0 saturated carbocycles. The molecule has 7 heteroatoms. The van der Waals surface area contributed by atoms with E-state index in [4.69, 9.17) is 0 Å². The average molecular weight is 514 g/mol. The van der Waals surface area contributed by atoms with Gasteiger partial charge in [-0.1, -0.05) is 26.2 Å². The summed E-state index contributed by atoms with van der Waals surface area (Å²) in [6, 6.07) is 0. The molecule has 0 radical (unpaired) electrons. The third kappa shape index (κ3) is 7.03. The van der Waals surface area contributed by atoms with Crippen molar-refractivity contribution in [3.8, 4) is 0 Å². The van der Waals surface area contributed by atoms with Gasteiger partial charge in [0.25, 0.3) is 0 Å². The van der Waals surface area contributed by atoms with Gasteiger partial charge in [-0.05, 0) is 51.9 Å². The zero-order valence-electron chi connectivity index (χ0n) is 18.5. The molecule has 2 nitrogen and oxygen atoms in total. The fraction of sp³-hybridized carbons (Fsp3) is 0.636. The average Bonchev–Trinajstić information content (AvgIpc) is 3.47. The molecule has 2 fully saturated rings. The van der Waals surface area contributed by atoms with Crippen LogP contribution in [0.5, 0.6) is 0 Å². The van der Waals surface area contributed by atoms with E-state index in [9.17, 15) is 0 Å². The predicted octanol–water partition coefficient (Wildman–Crippen LogP) is -0.963. The van der Waals surface area contributed by atoms with Gasteiger partial charge in [0.05, 0.1) is 0 Å². The van der Waals surface area contributed by atoms with Gasteiger partial charge in [-0.25, -0.2) is 22.5 Å². The van der Waals surface area contributed by atoms with Crippen molar-refractivity contribution in [3.05, 3.63) is 46.8 Å². The number of allylic oxidation sites excluding steroid dienone is 8. The molecule has 0 aromatic rings. The Kier molecular flexibility index (Phi) is 12.8. The summed E-state index contributed by atoms with van der Waals surface area (Å²) in [5, 5.41) is 3.05. The van der Waals surface area contributed by atoms with Gasteiger partial charge in [-0.3, -0.25) is 12.2 Å². The monoisotopic (exact) mass is 512 g/mol. The van der Waals surface area contributed by atoms with Crippen LogP contribution in [0.3, 0.4) is 0 Å². The first-order valence-electron chi connectivity index (χ1n) is 10.5. The molecule has 4 aliphatic rings. The summed E-state index contributed by atoms with van der Waals surface area (Å²) in [4.78, 5) is 0. The van der Waals surface area contributed by atoms with Gasteiger partial charge >= 0.3 is 26.2 Å². The molecule has 2 aliphatic carbocycles. The molecule has 2 saturated heterocycles. The molecule has 2 aliphatic heterocycles. The van der Waals surface area contributed by atoms with Crippen molar-refractivity contribution in [1.29, 1.82) is 0 Å². The van der Waals surface area contributed by atoms with Crippen LogP contribution in [0.4, 0.5) is 0 Å². The largest absolute Gasteiger partial charge is 4.00 e. The zero-order valence-corrected chi connectivity index (χ0v) is 23.0. The van der Waals surface area contributed by atoms with Gasteiger partial charge in [0, 0.05) is 0 Å². The van der Waals surface area contributed by atoms with E-state index in [0.717, 1.165) is 12.8 Å². The molecule has 0 amide bonds. The molecule has 0 atom stereocenters. The van der Waals surface area contributed by atoms with Crippen LogP contribution in [0, 0.1) is 12.2 Å². The summed E-state index contributed by atoms with van der Waals surface area (Å²) in [6.45, 7) is 15.1. The molecule has 0 unspecified atom stereocenters. The van der Waals surface area contributed by atoms with Crippen molar-refractivity contribution < 1.29 is 35.6 Å². The van der Waals surface area contributed by atoms with Crippen molar-refractivity contribution in [2.24, 2.45) is 0 Å². The first kappa shape index (κ1) is 29.1. The number of halogens is 2. The molecule has 2 heterocycles. The summed E-state index contributed by atoms with van der Waals surface area (Å²) < 4.78 is 5.43. The first-order valence-corrected chi connectivity index (χ1v) is 16.4. The van der Waals surface area contributed by atoms with Crippen LogP contribution in [-0.2, 0) is 26.2 Å². The summed E-state index contributed by atoms with van der Waals surface area (Å²) in [7, 11) is -2.57. The Morgan fingerprint density at radius 2 is 0.966 bits per heavy atom. The molecular formula is C22H36F2N2Si2Zr. The third-order valence-electron chi connectivity index (χ3n) is 6.50. The Labute approximate surface area is 198 Å². The zero-order chi connectivity index (χ0) is 18.6. The van der Waals surface area contributed by atoms with Crippen LogP contribution in [-0.4, -0.2) is 51.8 Å². The minimum absolute atomic E-state index is 0. The molecule has 4 rings (SSSR count). The second-order valence-corrected chi connectivity index (χ2v) is 17.5. The van der Waals surface area contributed by atoms with Crippen LogP contribution in [0.15, 0.2) is 34.7 Å². The predicted molar refractivity (Wildman–Crippen MR) is 118 cm³/mol. The summed E-state index contributed by atoms with van der Waals surface area (Å²) in [6.07, 6.45) is 23.7. The topological polar surface area (TPSA) is 6.48 Å². The van der Waals surface area contributed by atoms with E-state index in [1.54, 1.807) is 0 Å². The first-order chi connectivity index (χ1) is 12.4. The number of rotatable bonds is 4. The quantitative estimate of drug-likeness (QED) is 0.353. The Morgan fingerprint density at radius 1 is 0.655 bits per heavy atom. The van der Waals surface area contributed by atoms with Gasteiger partial charge in [0.1, 0.15) is 16.5 Å². The third-order valence-corrected chi connectivity index (χ3v) is 13.9. The Morgan fingerprint density at radius 3 is 1.21 bits per heavy atom. The van der Waals surface area contributed by atoms with Gasteiger partial charge < -0.3 is 18.5 Å². The molecule has 0 aromatic carbocycles. The Bertz CT molecular complexity index is 564. The van der Waals surface area contributed by atoms with E-state index in [1.165, 1.54) is 62.3 Å². The van der Waals surface area contributed by atoms with Crippen LogP contribution in [0.2, 0.25) is 26.2 Å². The summed E-state index contributed by atoms with van der Waals surface area (Å²) in [5.74, 6) is 0. The minimum atomic E-state index is -1.29. The molecule has 0 spiro atoms. The van der Waals surface area contributed by atoms with E-state index < -0.39 is 16.5 Å². The van der Waals surface area contributed by atoms with E-state index in [2.05, 4.69) is 71.8 Å². The SMILES string of the molecule is C[Si](C)(C1=[C-]CC=C1)N1CCCC1.C[Si](C)(C1=[C-]CC=C1)N1CCCC1.[F-].[F-].[Zr+4]. The van der Waals surface area contributed by atoms with Gasteiger partial charge in [-0.15, -0.1) is 12.8 Å². The van der Waals surface area contributed by atoms with E-state index >= 15 is 0 Å². The molecule has 0 aromatic heterocycles. The smallest absolute Gasteiger partial charge is 1.00 e. The second kappa shape index (κ2) is 12.8. The number of hydrogen-bond acceptors (Lipinski definition) is 2. The van der Waals surface area contributed by atoms with Gasteiger partial charge in [0.15, 0.2) is 0 Å². The maximum atomic E-state index is 3.50. The van der Waals surface area contributed by atoms with Crippen LogP contribution < -0.4 is 9.41 Å². The van der Waals surface area contributed by atoms with Gasteiger partial charge in [-0.2, -0.15) is 12.2 Å². The van der Waals surface area contributed by atoms with Crippen molar-refractivity contribution in [2.45, 2.75) is 64.7 Å². The van der Waals surface area contributed by atoms with E-state index in [-0.39, 0.29) is 35.6 Å². The maximum Gasteiger partial charge on any atom is 4.00 e. The summed E-state index contributed by atoms with van der Waals surface area (Å²) in [5.41, 5.74) is 0. The van der Waals surface area contributed by atoms with Crippen molar-refractivity contribution in [3.63, 3.8) is 0 Å². The van der Waals surface area contributed by atoms with Gasteiger partial charge in [0.2, 0.25) is 0 Å². The molecule has 29 heavy (non-hydrogen) atoms. The van der Waals surface area contributed by atoms with Crippen LogP contribution >= 0.6 is 0 Å². The van der Waals surface area contributed by atoms with Crippen molar-refractivity contribution in [1.82, 2.24) is 9.13 Å². The maximum absolute atomic E-state index is 3.50. The fourth-order valence-electron chi connectivity index (χ4n) is 4.54. The van der Waals surface area contributed by atoms with E-state index in [0.29, 0.717) is 0 Å². The second-order valence-electron chi connectivity index (χ2n) is 8.90. The normalized spacial score (nSPS) is 21.5. The number of nitrogens with zero attached hydrogens (tertiary/aromatic N) is 2. The Balaban J connectivity index is 0.000000490. The molecular weight excluding hydrogens is 478 g/mol. The van der Waals surface area contributed by atoms with Crippen LogP contribution in [0.1, 0.15) is 38.5 Å². The minimum Gasteiger partial charge on any atom is -1.00 e. The van der Waals surface area contributed by atoms with Crippen molar-refractivity contribution >= 4 is 16.5 Å². The van der Waals surface area contributed by atoms with E-state index in [1.807, 2.05) is 0 Å². The number of hydrogen-bond donors (Lipinski definition) is 0. The van der Waals surface area contributed by atoms with Crippen LogP contribution in [0.25, 0.3) is 0 Å². The molecule has 0 N–H and O–H groups in total. The van der Waals surface area contributed by atoms with Crippen molar-refractivity contribution in [2.75, 3.05) is 26.2 Å². The molecule has 0 bridgehead atoms. The standard InChI is InChI=1S/2C11H18NSi.2FH.Zr/c2*1-13(2,11-7-3-4-8-11)12-9-5-6-10-12;;;/h2*3,7H,4-6,9-10H2,1-2H3;2*1H;/q2*-1;;;+4/p-2. The molecule has 160 valence electrons. The summed E-state index contributed by atoms with van der Waals surface area (Å²) >= 11 is 0. The Hall–Kier alpha value is 0.0569. The fourth-order valence-corrected chi connectivity index (χ4v) is 10.2.